The van der Waals surface area contributed by atoms with Crippen molar-refractivity contribution >= 4 is 12.6 Å². The monoisotopic (exact) mass is 376 g/mol. The van der Waals surface area contributed by atoms with Crippen LogP contribution in [-0.4, -0.2) is 24.6 Å². The highest BCUT2D eigenvalue weighted by Crippen LogP contribution is 2.53. The van der Waals surface area contributed by atoms with Crippen LogP contribution in [0.15, 0.2) is 24.3 Å². The average molecular weight is 376 g/mol. The SMILES string of the molecule is CCCc1ccc(C(OC(S)OCC)(C(F)(F)F)C(F)(F)F)cc1. The summed E-state index contributed by atoms with van der Waals surface area (Å²) in [4.78, 5) is 0. The first-order valence-electron chi connectivity index (χ1n) is 7.20. The van der Waals surface area contributed by atoms with Crippen molar-refractivity contribution in [2.24, 2.45) is 0 Å². The highest BCUT2D eigenvalue weighted by molar-refractivity contribution is 7.80. The predicted molar refractivity (Wildman–Crippen MR) is 79.7 cm³/mol. The third kappa shape index (κ3) is 4.37. The topological polar surface area (TPSA) is 18.5 Å². The van der Waals surface area contributed by atoms with E-state index in [-0.39, 0.29) is 6.61 Å². The number of halogens is 6. The van der Waals surface area contributed by atoms with E-state index in [1.807, 2.05) is 6.92 Å². The van der Waals surface area contributed by atoms with Crippen molar-refractivity contribution < 1.29 is 35.8 Å². The molecule has 1 atom stereocenters. The molecule has 0 radical (unpaired) electrons. The summed E-state index contributed by atoms with van der Waals surface area (Å²) in [6.45, 7) is 3.09. The third-order valence-corrected chi connectivity index (χ3v) is 3.54. The highest BCUT2D eigenvalue weighted by Gasteiger charge is 2.74. The van der Waals surface area contributed by atoms with Crippen molar-refractivity contribution in [3.63, 3.8) is 0 Å². The molecule has 0 fully saturated rings. The molecule has 0 spiro atoms. The van der Waals surface area contributed by atoms with Gasteiger partial charge in [0.1, 0.15) is 0 Å². The van der Waals surface area contributed by atoms with Crippen molar-refractivity contribution in [2.75, 3.05) is 6.61 Å². The highest BCUT2D eigenvalue weighted by atomic mass is 32.1. The molecule has 1 unspecified atom stereocenters. The minimum Gasteiger partial charge on any atom is -0.344 e. The molecule has 1 aromatic rings. The summed E-state index contributed by atoms with van der Waals surface area (Å²) in [6, 6.07) is 4.00. The van der Waals surface area contributed by atoms with Gasteiger partial charge in [0.15, 0.2) is 0 Å². The number of aryl methyl sites for hydroxylation is 1. The van der Waals surface area contributed by atoms with Crippen LogP contribution in [0.4, 0.5) is 26.3 Å². The first kappa shape index (κ1) is 21.1. The first-order chi connectivity index (χ1) is 11.0. The molecule has 0 N–H and O–H groups in total. The molecule has 0 saturated carbocycles. The summed E-state index contributed by atoms with van der Waals surface area (Å²) in [5.74, 6) is 0. The second kappa shape index (κ2) is 7.97. The van der Waals surface area contributed by atoms with E-state index in [4.69, 9.17) is 0 Å². The number of ether oxygens (including phenoxy) is 2. The zero-order valence-corrected chi connectivity index (χ0v) is 13.9. The molecule has 0 saturated heterocycles. The van der Waals surface area contributed by atoms with Crippen molar-refractivity contribution in [1.82, 2.24) is 0 Å². The van der Waals surface area contributed by atoms with Gasteiger partial charge in [0, 0.05) is 12.2 Å². The molecule has 1 aromatic carbocycles. The van der Waals surface area contributed by atoms with Gasteiger partial charge in [0.2, 0.25) is 5.62 Å². The van der Waals surface area contributed by atoms with E-state index < -0.39 is 29.1 Å². The molecule has 2 nitrogen and oxygen atoms in total. The van der Waals surface area contributed by atoms with Gasteiger partial charge in [-0.1, -0.05) is 37.6 Å². The van der Waals surface area contributed by atoms with Crippen LogP contribution >= 0.6 is 12.6 Å². The number of benzene rings is 1. The van der Waals surface area contributed by atoms with Crippen LogP contribution in [0, 0.1) is 0 Å². The molecule has 0 aromatic heterocycles. The summed E-state index contributed by atoms with van der Waals surface area (Å²) in [5, 5.41) is 0. The Hall–Kier alpha value is -0.930. The zero-order chi connectivity index (χ0) is 18.6. The number of hydrogen-bond donors (Lipinski definition) is 1. The number of alkyl halides is 6. The molecule has 24 heavy (non-hydrogen) atoms. The van der Waals surface area contributed by atoms with Crippen LogP contribution < -0.4 is 0 Å². The number of hydrogen-bond acceptors (Lipinski definition) is 3. The largest absolute Gasteiger partial charge is 0.430 e. The van der Waals surface area contributed by atoms with Crippen molar-refractivity contribution in [2.45, 2.75) is 50.3 Å². The van der Waals surface area contributed by atoms with Gasteiger partial charge < -0.3 is 9.47 Å². The summed E-state index contributed by atoms with van der Waals surface area (Å²) in [5.41, 5.74) is -6.95. The summed E-state index contributed by atoms with van der Waals surface area (Å²) in [7, 11) is 0. The molecule has 138 valence electrons. The molecular formula is C15H18F6O2S. The van der Waals surface area contributed by atoms with Crippen molar-refractivity contribution in [3.8, 4) is 0 Å². The maximum atomic E-state index is 13.5. The average Bonchev–Trinajstić information content (AvgIpc) is 2.44. The predicted octanol–water partition coefficient (Wildman–Crippen LogP) is 5.23. The van der Waals surface area contributed by atoms with E-state index in [2.05, 4.69) is 22.1 Å². The second-order valence-corrected chi connectivity index (χ2v) is 5.43. The van der Waals surface area contributed by atoms with Gasteiger partial charge in [-0.15, -0.1) is 12.6 Å². The lowest BCUT2D eigenvalue weighted by Crippen LogP contribution is -2.57. The fourth-order valence-electron chi connectivity index (χ4n) is 2.21. The quantitative estimate of drug-likeness (QED) is 0.399. The van der Waals surface area contributed by atoms with Crippen LogP contribution in [0.1, 0.15) is 31.4 Å². The van der Waals surface area contributed by atoms with Crippen LogP contribution in [0.5, 0.6) is 0 Å². The van der Waals surface area contributed by atoms with E-state index in [1.54, 1.807) is 0 Å². The van der Waals surface area contributed by atoms with Gasteiger partial charge in [0.05, 0.1) is 0 Å². The van der Waals surface area contributed by atoms with E-state index in [1.165, 1.54) is 19.1 Å². The molecule has 0 aliphatic rings. The van der Waals surface area contributed by atoms with Crippen molar-refractivity contribution in [3.05, 3.63) is 35.4 Å². The molecular weight excluding hydrogens is 358 g/mol. The normalized spacial score (nSPS) is 14.7. The Morgan fingerprint density at radius 2 is 1.46 bits per heavy atom. The fourth-order valence-corrected chi connectivity index (χ4v) is 2.52. The smallest absolute Gasteiger partial charge is 0.344 e. The molecule has 9 heteroatoms. The van der Waals surface area contributed by atoms with Crippen LogP contribution in [0.3, 0.4) is 0 Å². The summed E-state index contributed by atoms with van der Waals surface area (Å²) < 4.78 is 89.7. The number of thiol groups is 1. The van der Waals surface area contributed by atoms with Gasteiger partial charge >= 0.3 is 12.4 Å². The maximum Gasteiger partial charge on any atom is 0.430 e. The van der Waals surface area contributed by atoms with Crippen LogP contribution in [-0.2, 0) is 21.5 Å². The van der Waals surface area contributed by atoms with Crippen LogP contribution in [0.25, 0.3) is 0 Å². The Morgan fingerprint density at radius 3 is 1.83 bits per heavy atom. The number of rotatable bonds is 7. The Morgan fingerprint density at radius 1 is 0.958 bits per heavy atom. The minimum absolute atomic E-state index is 0.157. The maximum absolute atomic E-state index is 13.5. The van der Waals surface area contributed by atoms with E-state index in [0.717, 1.165) is 12.1 Å². The van der Waals surface area contributed by atoms with Gasteiger partial charge in [-0.2, -0.15) is 26.3 Å². The van der Waals surface area contributed by atoms with Crippen molar-refractivity contribution in [1.29, 1.82) is 0 Å². The standard InChI is InChI=1S/C15H18F6O2S/c1-3-5-10-6-8-11(9-7-10)13(14(16,17)18,15(19,20)21)23-12(24)22-4-2/h6-9,12,24H,3-5H2,1-2H3. The van der Waals surface area contributed by atoms with Gasteiger partial charge in [0.25, 0.3) is 5.60 Å². The lowest BCUT2D eigenvalue weighted by atomic mass is 9.90. The van der Waals surface area contributed by atoms with E-state index in [9.17, 15) is 26.3 Å². The second-order valence-electron chi connectivity index (χ2n) is 5.00. The Labute approximate surface area is 141 Å². The molecule has 0 aliphatic heterocycles. The van der Waals surface area contributed by atoms with E-state index >= 15 is 0 Å². The zero-order valence-electron chi connectivity index (χ0n) is 13.0. The molecule has 0 bridgehead atoms. The summed E-state index contributed by atoms with van der Waals surface area (Å²) in [6.07, 6.45) is -10.3. The molecule has 0 amide bonds. The Balaban J connectivity index is 3.45. The van der Waals surface area contributed by atoms with Gasteiger partial charge in [-0.05, 0) is 18.9 Å². The molecule has 0 heterocycles. The fraction of sp³-hybridized carbons (Fsp3) is 0.600. The van der Waals surface area contributed by atoms with Gasteiger partial charge in [-0.25, -0.2) is 0 Å². The molecule has 0 aliphatic carbocycles. The van der Waals surface area contributed by atoms with E-state index in [0.29, 0.717) is 18.4 Å². The summed E-state index contributed by atoms with van der Waals surface area (Å²) >= 11 is 3.53. The molecule has 1 rings (SSSR count). The minimum atomic E-state index is -5.75. The lowest BCUT2D eigenvalue weighted by molar-refractivity contribution is -0.406. The third-order valence-electron chi connectivity index (χ3n) is 3.28. The first-order valence-corrected chi connectivity index (χ1v) is 7.71. The van der Waals surface area contributed by atoms with Crippen LogP contribution in [0.2, 0.25) is 0 Å². The Kier molecular flexibility index (Phi) is 7.01. The van der Waals surface area contributed by atoms with Gasteiger partial charge in [-0.3, -0.25) is 0 Å². The lowest BCUT2D eigenvalue weighted by Gasteiger charge is -2.38. The Bertz CT molecular complexity index is 498.